The molecule has 1 saturated heterocycles. The van der Waals surface area contributed by atoms with Gasteiger partial charge < -0.3 is 0 Å². The van der Waals surface area contributed by atoms with Gasteiger partial charge in [0.2, 0.25) is 0 Å². The largest absolute Gasteiger partial charge is 0.272 e. The first-order chi connectivity index (χ1) is 12.0. The number of nitrogens with zero attached hydrogens (tertiary/aromatic N) is 1. The van der Waals surface area contributed by atoms with Crippen molar-refractivity contribution in [2.24, 2.45) is 40.9 Å². The van der Waals surface area contributed by atoms with E-state index in [0.29, 0.717) is 11.8 Å². The van der Waals surface area contributed by atoms with Crippen molar-refractivity contribution in [1.82, 2.24) is 10.4 Å². The Morgan fingerprint density at radius 3 is 2.56 bits per heavy atom. The van der Waals surface area contributed by atoms with E-state index in [1.165, 1.54) is 24.3 Å². The van der Waals surface area contributed by atoms with Crippen molar-refractivity contribution >= 4 is 17.7 Å². The van der Waals surface area contributed by atoms with E-state index >= 15 is 0 Å². The van der Waals surface area contributed by atoms with E-state index in [4.69, 9.17) is 0 Å². The van der Waals surface area contributed by atoms with E-state index in [0.717, 1.165) is 11.4 Å². The molecule has 5 aliphatic rings. The number of imide groups is 1. The average Bonchev–Trinajstić information content (AvgIpc) is 3.18. The zero-order chi connectivity index (χ0) is 17.1. The van der Waals surface area contributed by atoms with Gasteiger partial charge in [-0.15, -0.1) is 0 Å². The third-order valence-electron chi connectivity index (χ3n) is 7.18. The van der Waals surface area contributed by atoms with Crippen molar-refractivity contribution in [1.29, 1.82) is 0 Å². The Bertz CT molecular complexity index is 894. The van der Waals surface area contributed by atoms with E-state index in [9.17, 15) is 18.8 Å². The molecular formula is C19H15FN2O3. The topological polar surface area (TPSA) is 66.5 Å². The Morgan fingerprint density at radius 1 is 1.16 bits per heavy atom. The van der Waals surface area contributed by atoms with Gasteiger partial charge in [0.15, 0.2) is 0 Å². The van der Waals surface area contributed by atoms with Gasteiger partial charge in [0.25, 0.3) is 17.7 Å². The molecule has 6 heteroatoms. The molecule has 126 valence electrons. The molecule has 1 spiro atoms. The molecule has 6 rings (SSSR count). The fourth-order valence-corrected chi connectivity index (χ4v) is 6.17. The lowest BCUT2D eigenvalue weighted by Gasteiger charge is -2.52. The Labute approximate surface area is 142 Å². The number of hydrazine groups is 1. The monoisotopic (exact) mass is 338 g/mol. The summed E-state index contributed by atoms with van der Waals surface area (Å²) in [5.41, 5.74) is 2.74. The second-order valence-electron chi connectivity index (χ2n) is 7.93. The van der Waals surface area contributed by atoms with Crippen molar-refractivity contribution in [2.75, 3.05) is 0 Å². The summed E-state index contributed by atoms with van der Waals surface area (Å²) in [7, 11) is 0. The summed E-state index contributed by atoms with van der Waals surface area (Å²) in [5, 5.41) is 0.910. The quantitative estimate of drug-likeness (QED) is 0.657. The van der Waals surface area contributed by atoms with Crippen molar-refractivity contribution in [3.63, 3.8) is 0 Å². The number of fused-ring (bicyclic) bond motifs is 5. The van der Waals surface area contributed by atoms with Crippen LogP contribution < -0.4 is 5.43 Å². The van der Waals surface area contributed by atoms with E-state index in [2.05, 4.69) is 17.6 Å². The van der Waals surface area contributed by atoms with E-state index in [-0.39, 0.29) is 46.5 Å². The van der Waals surface area contributed by atoms with Crippen LogP contribution in [0.1, 0.15) is 16.8 Å². The third-order valence-corrected chi connectivity index (χ3v) is 7.18. The normalized spacial score (nSPS) is 44.3. The van der Waals surface area contributed by atoms with Gasteiger partial charge in [0.1, 0.15) is 5.82 Å². The number of allylic oxidation sites excluding steroid dienone is 2. The summed E-state index contributed by atoms with van der Waals surface area (Å²) < 4.78 is 13.0. The minimum absolute atomic E-state index is 0.0956. The predicted octanol–water partition coefficient (Wildman–Crippen LogP) is 1.52. The van der Waals surface area contributed by atoms with Gasteiger partial charge in [0, 0.05) is 11.0 Å². The maximum Gasteiger partial charge on any atom is 0.270 e. The average molecular weight is 338 g/mol. The Hall–Kier alpha value is -2.50. The lowest BCUT2D eigenvalue weighted by atomic mass is 9.52. The second kappa shape index (κ2) is 4.00. The van der Waals surface area contributed by atoms with Gasteiger partial charge in [-0.1, -0.05) is 12.2 Å². The van der Waals surface area contributed by atoms with Gasteiger partial charge in [0.05, 0.1) is 11.8 Å². The summed E-state index contributed by atoms with van der Waals surface area (Å²) in [6, 6.07) is 5.01. The molecule has 3 amide bonds. The van der Waals surface area contributed by atoms with Gasteiger partial charge in [-0.3, -0.25) is 19.8 Å². The first-order valence-electron chi connectivity index (χ1n) is 8.68. The molecular weight excluding hydrogens is 323 g/mol. The lowest BCUT2D eigenvalue weighted by molar-refractivity contribution is -0.146. The zero-order valence-electron chi connectivity index (χ0n) is 13.2. The molecule has 1 aromatic carbocycles. The molecule has 25 heavy (non-hydrogen) atoms. The van der Waals surface area contributed by atoms with Crippen LogP contribution in [0.3, 0.4) is 0 Å². The highest BCUT2D eigenvalue weighted by atomic mass is 19.1. The number of rotatable bonds is 2. The van der Waals surface area contributed by atoms with E-state index in [1.54, 1.807) is 0 Å². The van der Waals surface area contributed by atoms with Crippen LogP contribution in [0.25, 0.3) is 0 Å². The first-order valence-corrected chi connectivity index (χ1v) is 8.68. The van der Waals surface area contributed by atoms with Crippen LogP contribution in [-0.2, 0) is 9.59 Å². The highest BCUT2D eigenvalue weighted by molar-refractivity contribution is 6.09. The van der Waals surface area contributed by atoms with Crippen molar-refractivity contribution in [3.05, 3.63) is 47.8 Å². The molecule has 0 radical (unpaired) electrons. The minimum Gasteiger partial charge on any atom is -0.272 e. The number of hydrogen-bond acceptors (Lipinski definition) is 3. The van der Waals surface area contributed by atoms with Crippen LogP contribution in [0, 0.1) is 46.7 Å². The molecule has 7 atom stereocenters. The summed E-state index contributed by atoms with van der Waals surface area (Å²) in [6.45, 7) is 0. The highest BCUT2D eigenvalue weighted by Crippen LogP contribution is 2.85. The number of nitrogens with one attached hydrogen (secondary N) is 1. The van der Waals surface area contributed by atoms with Gasteiger partial charge in [-0.05, 0) is 54.4 Å². The van der Waals surface area contributed by atoms with Gasteiger partial charge >= 0.3 is 0 Å². The fourth-order valence-electron chi connectivity index (χ4n) is 6.17. The first kappa shape index (κ1) is 13.8. The minimum atomic E-state index is -0.574. The summed E-state index contributed by atoms with van der Waals surface area (Å²) in [5.74, 6) is -0.575. The molecule has 0 bridgehead atoms. The SMILES string of the molecule is O=C(NN1C(=O)[C@@H]2C3C=CC34C3CC3C4[C@@H]2C1=O)c1ccc(F)cc1. The Balaban J connectivity index is 1.28. The molecule has 1 heterocycles. The Kier molecular flexibility index (Phi) is 2.20. The van der Waals surface area contributed by atoms with E-state index in [1.807, 2.05) is 0 Å². The number of carbonyl (C=O) groups is 3. The molecule has 4 fully saturated rings. The molecule has 1 aliphatic heterocycles. The van der Waals surface area contributed by atoms with E-state index < -0.39 is 11.7 Å². The summed E-state index contributed by atoms with van der Waals surface area (Å²) in [4.78, 5) is 38.1. The summed E-state index contributed by atoms with van der Waals surface area (Å²) >= 11 is 0. The van der Waals surface area contributed by atoms with Crippen LogP contribution in [0.4, 0.5) is 4.39 Å². The molecule has 5 nitrogen and oxygen atoms in total. The Morgan fingerprint density at radius 2 is 1.88 bits per heavy atom. The molecule has 4 aliphatic carbocycles. The van der Waals surface area contributed by atoms with Crippen LogP contribution in [0.15, 0.2) is 36.4 Å². The smallest absolute Gasteiger partial charge is 0.270 e. The second-order valence-corrected chi connectivity index (χ2v) is 7.93. The van der Waals surface area contributed by atoms with Crippen LogP contribution in [-0.4, -0.2) is 22.7 Å². The number of amides is 3. The number of halogens is 1. The summed E-state index contributed by atoms with van der Waals surface area (Å²) in [6.07, 6.45) is 5.46. The van der Waals surface area contributed by atoms with Gasteiger partial charge in [-0.2, -0.15) is 5.01 Å². The molecule has 0 aromatic heterocycles. The third kappa shape index (κ3) is 1.36. The zero-order valence-corrected chi connectivity index (χ0v) is 13.2. The fraction of sp³-hybridized carbons (Fsp3) is 0.421. The van der Waals surface area contributed by atoms with Crippen LogP contribution in [0.2, 0.25) is 0 Å². The van der Waals surface area contributed by atoms with Crippen molar-refractivity contribution in [3.8, 4) is 0 Å². The lowest BCUT2D eigenvalue weighted by Crippen LogP contribution is -2.54. The molecule has 1 aromatic rings. The predicted molar refractivity (Wildman–Crippen MR) is 82.8 cm³/mol. The van der Waals surface area contributed by atoms with Crippen LogP contribution in [0.5, 0.6) is 0 Å². The number of benzene rings is 1. The number of carbonyl (C=O) groups excluding carboxylic acids is 3. The van der Waals surface area contributed by atoms with Crippen molar-refractivity contribution in [2.45, 2.75) is 6.42 Å². The standard InChI is InChI=1S/C19H15FN2O3/c20-9-3-1-8(2-4-9)16(23)21-22-17(24)13-11-5-6-19(11)12-7-10(12)15(19)14(13)18(22)25/h1-6,10-15H,7H2,(H,21,23)/t10?,11?,12?,13-,14-,15?,19?/m1/s1. The van der Waals surface area contributed by atoms with Crippen LogP contribution >= 0.6 is 0 Å². The van der Waals surface area contributed by atoms with Gasteiger partial charge in [-0.25, -0.2) is 4.39 Å². The molecule has 3 saturated carbocycles. The maximum atomic E-state index is 13.0. The molecule has 1 N–H and O–H groups in total. The number of hydrogen-bond donors (Lipinski definition) is 1. The molecule has 5 unspecified atom stereocenters. The van der Waals surface area contributed by atoms with Crippen molar-refractivity contribution < 1.29 is 18.8 Å². The maximum absolute atomic E-state index is 13.0. The highest BCUT2D eigenvalue weighted by Gasteiger charge is 2.84.